The van der Waals surface area contributed by atoms with E-state index in [1.54, 1.807) is 0 Å². The van der Waals surface area contributed by atoms with Gasteiger partial charge in [0.15, 0.2) is 0 Å². The summed E-state index contributed by atoms with van der Waals surface area (Å²) in [6, 6.07) is 0. The highest BCUT2D eigenvalue weighted by molar-refractivity contribution is 7.10. The van der Waals surface area contributed by atoms with Crippen molar-refractivity contribution in [3.63, 3.8) is 0 Å². The van der Waals surface area contributed by atoms with Gasteiger partial charge in [-0.3, -0.25) is 4.90 Å². The van der Waals surface area contributed by atoms with Crippen molar-refractivity contribution in [2.24, 2.45) is 5.41 Å². The molecule has 1 aromatic heterocycles. The molecule has 2 rings (SSSR count). The normalized spacial score (nSPS) is 27.2. The van der Waals surface area contributed by atoms with Crippen molar-refractivity contribution in [2.75, 3.05) is 19.7 Å². The summed E-state index contributed by atoms with van der Waals surface area (Å²) in [5.74, 6) is 0. The van der Waals surface area contributed by atoms with Gasteiger partial charge in [0.1, 0.15) is 10.0 Å². The van der Waals surface area contributed by atoms with Gasteiger partial charge in [-0.2, -0.15) is 0 Å². The van der Waals surface area contributed by atoms with E-state index in [4.69, 9.17) is 11.6 Å². The first-order valence-corrected chi connectivity index (χ1v) is 6.58. The van der Waals surface area contributed by atoms with Gasteiger partial charge in [0.25, 0.3) is 0 Å². The van der Waals surface area contributed by atoms with Crippen LogP contribution < -0.4 is 0 Å². The minimum Gasteiger partial charge on any atom is -0.396 e. The number of aliphatic hydroxyl groups is 1. The molecule has 1 aromatic rings. The Morgan fingerprint density at radius 3 is 3.06 bits per heavy atom. The van der Waals surface area contributed by atoms with E-state index in [9.17, 15) is 5.11 Å². The Kier molecular flexibility index (Phi) is 3.79. The van der Waals surface area contributed by atoms with Gasteiger partial charge in [-0.05, 0) is 19.4 Å². The number of likely N-dealkylation sites (tertiary alicyclic amines) is 1. The van der Waals surface area contributed by atoms with Crippen LogP contribution in [0, 0.1) is 5.41 Å². The third-order valence-corrected chi connectivity index (χ3v) is 4.11. The molecule has 2 heterocycles. The molecule has 1 unspecified atom stereocenters. The number of halogens is 1. The van der Waals surface area contributed by atoms with Crippen molar-refractivity contribution in [3.8, 4) is 0 Å². The lowest BCUT2D eigenvalue weighted by molar-refractivity contribution is 0.0424. The third-order valence-electron chi connectivity index (χ3n) is 3.12. The number of rotatable bonds is 3. The number of hydrogen-bond acceptors (Lipinski definition) is 5. The minimum absolute atomic E-state index is 0.0220. The first-order chi connectivity index (χ1) is 7.63. The number of aliphatic hydroxyl groups excluding tert-OH is 1. The van der Waals surface area contributed by atoms with E-state index in [2.05, 4.69) is 21.4 Å². The van der Waals surface area contributed by atoms with Crippen LogP contribution in [0.1, 0.15) is 25.5 Å². The molecule has 16 heavy (non-hydrogen) atoms. The number of nitrogens with zero attached hydrogens (tertiary/aromatic N) is 3. The predicted octanol–water partition coefficient (Wildman–Crippen LogP) is 1.79. The maximum atomic E-state index is 9.37. The summed E-state index contributed by atoms with van der Waals surface area (Å²) < 4.78 is 4.50. The van der Waals surface area contributed by atoms with Gasteiger partial charge in [-0.25, -0.2) is 0 Å². The molecule has 1 N–H and O–H groups in total. The van der Waals surface area contributed by atoms with Crippen LogP contribution >= 0.6 is 23.1 Å². The molecular formula is C10H16ClN3OS. The SMILES string of the molecule is CC1(CO)CCCN(Cc2nnsc2Cl)C1. The van der Waals surface area contributed by atoms with Gasteiger partial charge in [0.05, 0.1) is 0 Å². The summed E-state index contributed by atoms with van der Waals surface area (Å²) in [6.45, 7) is 5.05. The third kappa shape index (κ3) is 2.71. The molecule has 0 bridgehead atoms. The zero-order chi connectivity index (χ0) is 11.6. The smallest absolute Gasteiger partial charge is 0.138 e. The maximum absolute atomic E-state index is 9.37. The molecule has 1 atom stereocenters. The minimum atomic E-state index is 0.0220. The Morgan fingerprint density at radius 2 is 2.44 bits per heavy atom. The predicted molar refractivity (Wildman–Crippen MR) is 64.6 cm³/mol. The molecule has 6 heteroatoms. The van der Waals surface area contributed by atoms with Crippen molar-refractivity contribution >= 4 is 23.1 Å². The number of aromatic nitrogens is 2. The highest BCUT2D eigenvalue weighted by Crippen LogP contribution is 2.30. The second kappa shape index (κ2) is 4.96. The van der Waals surface area contributed by atoms with E-state index in [1.807, 2.05) is 0 Å². The molecular weight excluding hydrogens is 246 g/mol. The van der Waals surface area contributed by atoms with Gasteiger partial charge in [0, 0.05) is 36.6 Å². The van der Waals surface area contributed by atoms with Crippen LogP contribution in [-0.4, -0.2) is 39.3 Å². The first kappa shape index (κ1) is 12.2. The average Bonchev–Trinajstić information content (AvgIpc) is 2.65. The summed E-state index contributed by atoms with van der Waals surface area (Å²) in [4.78, 5) is 2.29. The molecule has 4 nitrogen and oxygen atoms in total. The average molecular weight is 262 g/mol. The number of piperidine rings is 1. The van der Waals surface area contributed by atoms with Crippen LogP contribution in [0.25, 0.3) is 0 Å². The Morgan fingerprint density at radius 1 is 1.62 bits per heavy atom. The van der Waals surface area contributed by atoms with E-state index in [1.165, 1.54) is 11.5 Å². The lowest BCUT2D eigenvalue weighted by atomic mass is 9.83. The van der Waals surface area contributed by atoms with Gasteiger partial charge in [0.2, 0.25) is 0 Å². The molecule has 1 aliphatic rings. The summed E-state index contributed by atoms with van der Waals surface area (Å²) in [7, 11) is 0. The molecule has 0 radical (unpaired) electrons. The van der Waals surface area contributed by atoms with Gasteiger partial charge >= 0.3 is 0 Å². The zero-order valence-corrected chi connectivity index (χ0v) is 10.9. The molecule has 1 fully saturated rings. The number of hydrogen-bond donors (Lipinski definition) is 1. The highest BCUT2D eigenvalue weighted by Gasteiger charge is 2.30. The molecule has 1 aliphatic heterocycles. The Labute approximate surface area is 104 Å². The van der Waals surface area contributed by atoms with E-state index in [0.717, 1.165) is 38.2 Å². The lowest BCUT2D eigenvalue weighted by Crippen LogP contribution is -2.43. The molecule has 90 valence electrons. The molecule has 0 aromatic carbocycles. The monoisotopic (exact) mass is 261 g/mol. The topological polar surface area (TPSA) is 49.2 Å². The summed E-state index contributed by atoms with van der Waals surface area (Å²) in [5.41, 5.74) is 0.877. The Bertz CT molecular complexity index is 360. The molecule has 0 aliphatic carbocycles. The van der Waals surface area contributed by atoms with Crippen molar-refractivity contribution in [3.05, 3.63) is 10.0 Å². The zero-order valence-electron chi connectivity index (χ0n) is 9.32. The summed E-state index contributed by atoms with van der Waals surface area (Å²) >= 11 is 7.21. The van der Waals surface area contributed by atoms with Gasteiger partial charge in [-0.1, -0.05) is 23.0 Å². The fraction of sp³-hybridized carbons (Fsp3) is 0.800. The van der Waals surface area contributed by atoms with Crippen molar-refractivity contribution in [1.82, 2.24) is 14.5 Å². The van der Waals surface area contributed by atoms with Crippen molar-refractivity contribution in [1.29, 1.82) is 0 Å². The van der Waals surface area contributed by atoms with Crippen LogP contribution in [-0.2, 0) is 6.54 Å². The quantitative estimate of drug-likeness (QED) is 0.901. The molecule has 0 saturated carbocycles. The largest absolute Gasteiger partial charge is 0.396 e. The van der Waals surface area contributed by atoms with Crippen molar-refractivity contribution in [2.45, 2.75) is 26.3 Å². The second-order valence-electron chi connectivity index (χ2n) is 4.78. The Hall–Kier alpha value is -0.230. The standard InChI is InChI=1S/C10H16ClN3OS/c1-10(7-15)3-2-4-14(6-10)5-8-9(11)16-13-12-8/h15H,2-7H2,1H3. The van der Waals surface area contributed by atoms with Crippen LogP contribution in [0.5, 0.6) is 0 Å². The lowest BCUT2D eigenvalue weighted by Gasteiger charge is -2.39. The molecule has 0 amide bonds. The highest BCUT2D eigenvalue weighted by atomic mass is 35.5. The van der Waals surface area contributed by atoms with Crippen LogP contribution in [0.3, 0.4) is 0 Å². The van der Waals surface area contributed by atoms with E-state index < -0.39 is 0 Å². The van der Waals surface area contributed by atoms with Crippen LogP contribution in [0.15, 0.2) is 0 Å². The maximum Gasteiger partial charge on any atom is 0.138 e. The molecule has 1 saturated heterocycles. The van der Waals surface area contributed by atoms with Gasteiger partial charge in [-0.15, -0.1) is 5.10 Å². The first-order valence-electron chi connectivity index (χ1n) is 5.43. The van der Waals surface area contributed by atoms with Gasteiger partial charge < -0.3 is 5.11 Å². The Balaban J connectivity index is 1.98. The summed E-state index contributed by atoms with van der Waals surface area (Å²) in [5, 5.41) is 13.4. The van der Waals surface area contributed by atoms with Crippen LogP contribution in [0.4, 0.5) is 0 Å². The van der Waals surface area contributed by atoms with E-state index in [-0.39, 0.29) is 12.0 Å². The van der Waals surface area contributed by atoms with E-state index >= 15 is 0 Å². The summed E-state index contributed by atoms with van der Waals surface area (Å²) in [6.07, 6.45) is 2.20. The van der Waals surface area contributed by atoms with E-state index in [0.29, 0.717) is 4.34 Å². The fourth-order valence-corrected chi connectivity index (χ4v) is 2.81. The molecule has 0 spiro atoms. The van der Waals surface area contributed by atoms with Crippen molar-refractivity contribution < 1.29 is 5.11 Å². The second-order valence-corrected chi connectivity index (χ2v) is 6.13. The fourth-order valence-electron chi connectivity index (χ4n) is 2.19. The van der Waals surface area contributed by atoms with Crippen LogP contribution in [0.2, 0.25) is 4.34 Å².